The molecule has 1 rings (SSSR count). The van der Waals surface area contributed by atoms with Crippen molar-refractivity contribution in [2.24, 2.45) is 0 Å². The lowest BCUT2D eigenvalue weighted by Gasteiger charge is -2.20. The molecule has 0 aliphatic carbocycles. The summed E-state index contributed by atoms with van der Waals surface area (Å²) in [7, 11) is 0. The van der Waals surface area contributed by atoms with Gasteiger partial charge in [0.1, 0.15) is 0 Å². The Morgan fingerprint density at radius 3 is 2.22 bits per heavy atom. The molecule has 0 unspecified atom stereocenters. The van der Waals surface area contributed by atoms with Crippen LogP contribution in [-0.4, -0.2) is 24.3 Å². The molecule has 1 fully saturated rings. The molecular formula is C5H13BrN2O. The van der Waals surface area contributed by atoms with E-state index in [-0.39, 0.29) is 17.0 Å². The van der Waals surface area contributed by atoms with Gasteiger partial charge in [0.15, 0.2) is 0 Å². The maximum Gasteiger partial charge on any atom is 0.0343 e. The first-order valence-electron chi connectivity index (χ1n) is 3.04. The van der Waals surface area contributed by atoms with Crippen LogP contribution in [0.5, 0.6) is 0 Å². The van der Waals surface area contributed by atoms with Crippen LogP contribution in [0.3, 0.4) is 0 Å². The average Bonchev–Trinajstić information content (AvgIpc) is 1.90. The number of halogens is 1. The Bertz CT molecular complexity index is 66.0. The van der Waals surface area contributed by atoms with E-state index >= 15 is 0 Å². The molecule has 1 aliphatic rings. The number of piperidine rings is 1. The van der Waals surface area contributed by atoms with E-state index in [2.05, 4.69) is 10.8 Å². The summed E-state index contributed by atoms with van der Waals surface area (Å²) in [5, 5.41) is 11.6. The van der Waals surface area contributed by atoms with Crippen LogP contribution in [0.4, 0.5) is 0 Å². The Hall–Kier alpha value is 0.360. The minimum atomic E-state index is 0. The van der Waals surface area contributed by atoms with Gasteiger partial charge in [0.25, 0.3) is 0 Å². The Kier molecular flexibility index (Phi) is 5.38. The molecule has 0 amide bonds. The van der Waals surface area contributed by atoms with Gasteiger partial charge >= 0.3 is 0 Å². The van der Waals surface area contributed by atoms with Crippen molar-refractivity contribution in [2.75, 3.05) is 13.1 Å². The predicted molar refractivity (Wildman–Crippen MR) is 41.1 cm³/mol. The van der Waals surface area contributed by atoms with Gasteiger partial charge in [0.2, 0.25) is 0 Å². The molecule has 0 bridgehead atoms. The second-order valence-corrected chi connectivity index (χ2v) is 2.15. The quantitative estimate of drug-likeness (QED) is 0.529. The van der Waals surface area contributed by atoms with Gasteiger partial charge in [-0.2, -0.15) is 0 Å². The van der Waals surface area contributed by atoms with E-state index in [0.29, 0.717) is 6.04 Å². The van der Waals surface area contributed by atoms with Crippen molar-refractivity contribution < 1.29 is 5.21 Å². The predicted octanol–water partition coefficient (Wildman–Crippen LogP) is 0.295. The summed E-state index contributed by atoms with van der Waals surface area (Å²) in [6.45, 7) is 2.05. The zero-order chi connectivity index (χ0) is 5.82. The van der Waals surface area contributed by atoms with Crippen LogP contribution >= 0.6 is 17.0 Å². The molecule has 0 spiro atoms. The molecule has 1 saturated heterocycles. The third-order valence-corrected chi connectivity index (χ3v) is 1.52. The third kappa shape index (κ3) is 3.15. The minimum Gasteiger partial charge on any atom is -0.317 e. The van der Waals surface area contributed by atoms with Crippen molar-refractivity contribution in [1.29, 1.82) is 0 Å². The zero-order valence-electron chi connectivity index (χ0n) is 5.26. The van der Waals surface area contributed by atoms with E-state index in [1.807, 2.05) is 0 Å². The lowest BCUT2D eigenvalue weighted by Crippen LogP contribution is -2.38. The topological polar surface area (TPSA) is 44.3 Å². The lowest BCUT2D eigenvalue weighted by molar-refractivity contribution is 0.110. The van der Waals surface area contributed by atoms with Crippen molar-refractivity contribution in [3.63, 3.8) is 0 Å². The molecular weight excluding hydrogens is 184 g/mol. The SMILES string of the molecule is Br.ONC1CCNCC1. The van der Waals surface area contributed by atoms with Crippen molar-refractivity contribution in [2.45, 2.75) is 18.9 Å². The molecule has 3 N–H and O–H groups in total. The van der Waals surface area contributed by atoms with E-state index in [1.54, 1.807) is 0 Å². The summed E-state index contributed by atoms with van der Waals surface area (Å²) in [5.41, 5.74) is 2.26. The number of hydroxylamine groups is 1. The lowest BCUT2D eigenvalue weighted by atomic mass is 10.1. The number of hydrogen-bond acceptors (Lipinski definition) is 3. The summed E-state index contributed by atoms with van der Waals surface area (Å²) in [5.74, 6) is 0. The van der Waals surface area contributed by atoms with E-state index in [9.17, 15) is 0 Å². The summed E-state index contributed by atoms with van der Waals surface area (Å²) < 4.78 is 0. The Morgan fingerprint density at radius 1 is 1.33 bits per heavy atom. The monoisotopic (exact) mass is 196 g/mol. The van der Waals surface area contributed by atoms with E-state index in [1.165, 1.54) is 0 Å². The van der Waals surface area contributed by atoms with Crippen LogP contribution in [0, 0.1) is 0 Å². The molecule has 0 aromatic rings. The van der Waals surface area contributed by atoms with Crippen molar-refractivity contribution in [1.82, 2.24) is 10.8 Å². The second kappa shape index (κ2) is 5.17. The highest BCUT2D eigenvalue weighted by Crippen LogP contribution is 1.99. The Morgan fingerprint density at radius 2 is 1.89 bits per heavy atom. The van der Waals surface area contributed by atoms with Crippen LogP contribution in [-0.2, 0) is 0 Å². The minimum absolute atomic E-state index is 0. The Labute approximate surface area is 65.6 Å². The number of rotatable bonds is 1. The van der Waals surface area contributed by atoms with Gasteiger partial charge in [-0.3, -0.25) is 0 Å². The standard InChI is InChI=1S/C5H12N2O.BrH/c8-7-5-1-3-6-4-2-5;/h5-8H,1-4H2;1H. The van der Waals surface area contributed by atoms with Crippen molar-refractivity contribution >= 4 is 17.0 Å². The van der Waals surface area contributed by atoms with Crippen LogP contribution in [0.2, 0.25) is 0 Å². The van der Waals surface area contributed by atoms with Gasteiger partial charge in [-0.05, 0) is 25.9 Å². The molecule has 0 radical (unpaired) electrons. The van der Waals surface area contributed by atoms with Gasteiger partial charge in [0.05, 0.1) is 0 Å². The van der Waals surface area contributed by atoms with E-state index < -0.39 is 0 Å². The van der Waals surface area contributed by atoms with Gasteiger partial charge in [-0.15, -0.1) is 17.0 Å². The summed E-state index contributed by atoms with van der Waals surface area (Å²) >= 11 is 0. The zero-order valence-corrected chi connectivity index (χ0v) is 6.97. The molecule has 0 saturated carbocycles. The molecule has 0 aromatic heterocycles. The largest absolute Gasteiger partial charge is 0.317 e. The summed E-state index contributed by atoms with van der Waals surface area (Å²) in [4.78, 5) is 0. The van der Waals surface area contributed by atoms with Gasteiger partial charge in [0, 0.05) is 6.04 Å². The molecule has 0 atom stereocenters. The average molecular weight is 197 g/mol. The van der Waals surface area contributed by atoms with Crippen molar-refractivity contribution in [3.05, 3.63) is 0 Å². The first-order chi connectivity index (χ1) is 3.93. The van der Waals surface area contributed by atoms with Gasteiger partial charge in [-0.25, -0.2) is 5.48 Å². The third-order valence-electron chi connectivity index (χ3n) is 1.52. The fraction of sp³-hybridized carbons (Fsp3) is 1.00. The van der Waals surface area contributed by atoms with Crippen LogP contribution in [0.25, 0.3) is 0 Å². The smallest absolute Gasteiger partial charge is 0.0343 e. The van der Waals surface area contributed by atoms with Gasteiger partial charge < -0.3 is 10.5 Å². The van der Waals surface area contributed by atoms with E-state index in [4.69, 9.17) is 5.21 Å². The molecule has 56 valence electrons. The normalized spacial score (nSPS) is 21.0. The molecule has 0 aromatic carbocycles. The fourth-order valence-electron chi connectivity index (χ4n) is 0.951. The second-order valence-electron chi connectivity index (χ2n) is 2.15. The van der Waals surface area contributed by atoms with Crippen LogP contribution in [0.1, 0.15) is 12.8 Å². The summed E-state index contributed by atoms with van der Waals surface area (Å²) in [6.07, 6.45) is 2.08. The van der Waals surface area contributed by atoms with E-state index in [0.717, 1.165) is 25.9 Å². The molecule has 1 aliphatic heterocycles. The molecule has 1 heterocycles. The number of hydrogen-bond donors (Lipinski definition) is 3. The number of nitrogens with one attached hydrogen (secondary N) is 2. The highest BCUT2D eigenvalue weighted by Gasteiger charge is 2.09. The molecule has 3 nitrogen and oxygen atoms in total. The fourth-order valence-corrected chi connectivity index (χ4v) is 0.951. The molecule has 9 heavy (non-hydrogen) atoms. The summed E-state index contributed by atoms with van der Waals surface area (Å²) in [6, 6.07) is 0.330. The first-order valence-corrected chi connectivity index (χ1v) is 3.04. The first kappa shape index (κ1) is 9.36. The van der Waals surface area contributed by atoms with Gasteiger partial charge in [-0.1, -0.05) is 0 Å². The van der Waals surface area contributed by atoms with Crippen LogP contribution < -0.4 is 10.8 Å². The molecule has 4 heteroatoms. The van der Waals surface area contributed by atoms with Crippen molar-refractivity contribution in [3.8, 4) is 0 Å². The highest BCUT2D eigenvalue weighted by atomic mass is 79.9. The highest BCUT2D eigenvalue weighted by molar-refractivity contribution is 8.93. The maximum absolute atomic E-state index is 8.41. The van der Waals surface area contributed by atoms with Crippen LogP contribution in [0.15, 0.2) is 0 Å². The Balaban J connectivity index is 0.000000640. The maximum atomic E-state index is 8.41.